The maximum atomic E-state index is 13.0. The molecule has 0 aliphatic carbocycles. The molecule has 0 bridgehead atoms. The van der Waals surface area contributed by atoms with E-state index in [1.54, 1.807) is 22.4 Å². The second-order valence-electron chi connectivity index (χ2n) is 8.65. The SMILES string of the molecule is CN1CCCC1CCNC(=O)CN1CCN(C(=O)c2csc(Nc3ccc(F)cc3)n2)CC1. The van der Waals surface area contributed by atoms with Gasteiger partial charge in [0.25, 0.3) is 5.91 Å². The lowest BCUT2D eigenvalue weighted by Crippen LogP contribution is -2.51. The molecule has 2 fully saturated rings. The van der Waals surface area contributed by atoms with Crippen molar-refractivity contribution >= 4 is 34.0 Å². The summed E-state index contributed by atoms with van der Waals surface area (Å²) in [6.45, 7) is 4.68. The average molecular weight is 475 g/mol. The molecular formula is C23H31FN6O2S. The molecule has 2 N–H and O–H groups in total. The first-order valence-electron chi connectivity index (χ1n) is 11.4. The van der Waals surface area contributed by atoms with Crippen LogP contribution in [-0.2, 0) is 4.79 Å². The first-order valence-corrected chi connectivity index (χ1v) is 12.3. The standard InChI is InChI=1S/C23H31FN6O2S/c1-28-10-2-3-19(28)8-9-25-21(31)15-29-11-13-30(14-12-29)22(32)20-16-33-23(27-20)26-18-6-4-17(24)5-7-18/h4-7,16,19H,2-3,8-15H2,1H3,(H,25,31)(H,26,27). The van der Waals surface area contributed by atoms with Crippen molar-refractivity contribution in [2.45, 2.75) is 25.3 Å². The average Bonchev–Trinajstić information content (AvgIpc) is 3.44. The minimum absolute atomic E-state index is 0.0476. The van der Waals surface area contributed by atoms with Crippen molar-refractivity contribution in [1.29, 1.82) is 0 Å². The zero-order valence-electron chi connectivity index (χ0n) is 18.9. The van der Waals surface area contributed by atoms with Crippen molar-refractivity contribution in [2.24, 2.45) is 0 Å². The van der Waals surface area contributed by atoms with Crippen molar-refractivity contribution in [3.63, 3.8) is 0 Å². The Morgan fingerprint density at radius 2 is 1.91 bits per heavy atom. The lowest BCUT2D eigenvalue weighted by Gasteiger charge is -2.34. The van der Waals surface area contributed by atoms with E-state index in [1.165, 1.54) is 36.3 Å². The third-order valence-corrected chi connectivity index (χ3v) is 7.07. The summed E-state index contributed by atoms with van der Waals surface area (Å²) in [5.74, 6) is -0.362. The smallest absolute Gasteiger partial charge is 0.273 e. The van der Waals surface area contributed by atoms with Crippen LogP contribution in [0.1, 0.15) is 29.8 Å². The topological polar surface area (TPSA) is 80.8 Å². The van der Waals surface area contributed by atoms with Gasteiger partial charge in [-0.1, -0.05) is 0 Å². The Hall–Kier alpha value is -2.56. The summed E-state index contributed by atoms with van der Waals surface area (Å²) in [5, 5.41) is 8.45. The zero-order valence-corrected chi connectivity index (χ0v) is 19.7. The van der Waals surface area contributed by atoms with E-state index in [0.717, 1.165) is 13.0 Å². The number of amides is 2. The molecule has 10 heteroatoms. The van der Waals surface area contributed by atoms with Crippen LogP contribution in [0.2, 0.25) is 0 Å². The van der Waals surface area contributed by atoms with Gasteiger partial charge in [0.05, 0.1) is 6.54 Å². The molecule has 0 saturated carbocycles. The Morgan fingerprint density at radius 3 is 2.61 bits per heavy atom. The number of carbonyl (C=O) groups excluding carboxylic acids is 2. The molecule has 0 spiro atoms. The molecule has 0 radical (unpaired) electrons. The summed E-state index contributed by atoms with van der Waals surface area (Å²) >= 11 is 1.34. The Morgan fingerprint density at radius 1 is 1.15 bits per heavy atom. The third-order valence-electron chi connectivity index (χ3n) is 6.32. The minimum atomic E-state index is -0.302. The van der Waals surface area contributed by atoms with Gasteiger partial charge in [-0.2, -0.15) is 0 Å². The monoisotopic (exact) mass is 474 g/mol. The van der Waals surface area contributed by atoms with Crippen LogP contribution in [0.4, 0.5) is 15.2 Å². The van der Waals surface area contributed by atoms with E-state index in [2.05, 4.69) is 32.5 Å². The maximum Gasteiger partial charge on any atom is 0.273 e. The predicted octanol–water partition coefficient (Wildman–Crippen LogP) is 2.38. The third kappa shape index (κ3) is 6.49. The molecule has 8 nitrogen and oxygen atoms in total. The summed E-state index contributed by atoms with van der Waals surface area (Å²) in [5.41, 5.74) is 1.11. The van der Waals surface area contributed by atoms with Crippen LogP contribution < -0.4 is 10.6 Å². The number of hydrogen-bond acceptors (Lipinski definition) is 7. The van der Waals surface area contributed by atoms with Crippen LogP contribution in [-0.4, -0.2) is 90.4 Å². The van der Waals surface area contributed by atoms with Gasteiger partial charge in [0.15, 0.2) is 5.13 Å². The van der Waals surface area contributed by atoms with Crippen LogP contribution in [0.25, 0.3) is 0 Å². The fourth-order valence-electron chi connectivity index (χ4n) is 4.34. The van der Waals surface area contributed by atoms with Crippen molar-refractivity contribution in [1.82, 2.24) is 25.0 Å². The molecule has 178 valence electrons. The number of thiazole rings is 1. The maximum absolute atomic E-state index is 13.0. The van der Waals surface area contributed by atoms with Crippen molar-refractivity contribution in [2.75, 3.05) is 58.2 Å². The number of anilines is 2. The number of halogens is 1. The van der Waals surface area contributed by atoms with Crippen LogP contribution in [0.5, 0.6) is 0 Å². The highest BCUT2D eigenvalue weighted by Crippen LogP contribution is 2.22. The Balaban J connectivity index is 1.18. The highest BCUT2D eigenvalue weighted by molar-refractivity contribution is 7.14. The highest BCUT2D eigenvalue weighted by atomic mass is 32.1. The van der Waals surface area contributed by atoms with Gasteiger partial charge < -0.3 is 20.4 Å². The second-order valence-corrected chi connectivity index (χ2v) is 9.51. The van der Waals surface area contributed by atoms with Gasteiger partial charge in [0.2, 0.25) is 5.91 Å². The lowest BCUT2D eigenvalue weighted by molar-refractivity contribution is -0.122. The number of likely N-dealkylation sites (tertiary alicyclic amines) is 1. The number of hydrogen-bond donors (Lipinski definition) is 2. The first-order chi connectivity index (χ1) is 16.0. The molecule has 1 aromatic carbocycles. The van der Waals surface area contributed by atoms with Crippen LogP contribution in [0, 0.1) is 5.82 Å². The lowest BCUT2D eigenvalue weighted by atomic mass is 10.1. The number of rotatable bonds is 8. The van der Waals surface area contributed by atoms with Gasteiger partial charge in [-0.25, -0.2) is 9.37 Å². The number of carbonyl (C=O) groups is 2. The fraction of sp³-hybridized carbons (Fsp3) is 0.522. The molecular weight excluding hydrogens is 443 g/mol. The van der Waals surface area contributed by atoms with E-state index in [9.17, 15) is 14.0 Å². The number of benzene rings is 1. The van der Waals surface area contributed by atoms with Crippen LogP contribution in [0.15, 0.2) is 29.6 Å². The molecule has 2 saturated heterocycles. The fourth-order valence-corrected chi connectivity index (χ4v) is 5.04. The van der Waals surface area contributed by atoms with E-state index in [1.807, 2.05) is 0 Å². The molecule has 2 amide bonds. The molecule has 2 aliphatic heterocycles. The molecule has 1 unspecified atom stereocenters. The summed E-state index contributed by atoms with van der Waals surface area (Å²) in [7, 11) is 2.15. The normalized spacial score (nSPS) is 19.6. The number of nitrogens with zero attached hydrogens (tertiary/aromatic N) is 4. The van der Waals surface area contributed by atoms with Gasteiger partial charge in [0.1, 0.15) is 11.5 Å². The van der Waals surface area contributed by atoms with Crippen molar-refractivity contribution in [3.8, 4) is 0 Å². The van der Waals surface area contributed by atoms with Crippen LogP contribution >= 0.6 is 11.3 Å². The quantitative estimate of drug-likeness (QED) is 0.612. The van der Waals surface area contributed by atoms with E-state index in [-0.39, 0.29) is 17.6 Å². The van der Waals surface area contributed by atoms with Crippen molar-refractivity contribution in [3.05, 3.63) is 41.2 Å². The number of aromatic nitrogens is 1. The summed E-state index contributed by atoms with van der Waals surface area (Å²) in [6.07, 6.45) is 3.45. The van der Waals surface area contributed by atoms with Gasteiger partial charge in [0, 0.05) is 49.8 Å². The zero-order chi connectivity index (χ0) is 23.2. The van der Waals surface area contributed by atoms with Gasteiger partial charge in [-0.3, -0.25) is 14.5 Å². The summed E-state index contributed by atoms with van der Waals surface area (Å²) in [6, 6.07) is 6.57. The molecule has 2 aliphatic rings. The molecule has 1 atom stereocenters. The molecule has 1 aromatic heterocycles. The van der Waals surface area contributed by atoms with E-state index < -0.39 is 0 Å². The van der Waals surface area contributed by atoms with Gasteiger partial charge in [-0.15, -0.1) is 11.3 Å². The summed E-state index contributed by atoms with van der Waals surface area (Å²) < 4.78 is 13.0. The van der Waals surface area contributed by atoms with E-state index in [4.69, 9.17) is 0 Å². The Labute approximate surface area is 197 Å². The van der Waals surface area contributed by atoms with E-state index >= 15 is 0 Å². The van der Waals surface area contributed by atoms with Gasteiger partial charge >= 0.3 is 0 Å². The van der Waals surface area contributed by atoms with Crippen LogP contribution in [0.3, 0.4) is 0 Å². The number of nitrogens with one attached hydrogen (secondary N) is 2. The highest BCUT2D eigenvalue weighted by Gasteiger charge is 2.25. The Kier molecular flexibility index (Phi) is 7.89. The minimum Gasteiger partial charge on any atom is -0.355 e. The molecule has 4 rings (SSSR count). The second kappa shape index (κ2) is 11.0. The Bertz CT molecular complexity index is 945. The molecule has 2 aromatic rings. The molecule has 3 heterocycles. The van der Waals surface area contributed by atoms with Crippen molar-refractivity contribution < 1.29 is 14.0 Å². The first kappa shape index (κ1) is 23.6. The summed E-state index contributed by atoms with van der Waals surface area (Å²) in [4.78, 5) is 35.7. The largest absolute Gasteiger partial charge is 0.355 e. The molecule has 33 heavy (non-hydrogen) atoms. The predicted molar refractivity (Wildman–Crippen MR) is 127 cm³/mol. The number of piperazine rings is 1. The van der Waals surface area contributed by atoms with E-state index in [0.29, 0.717) is 61.8 Å². The van der Waals surface area contributed by atoms with Gasteiger partial charge in [-0.05, 0) is 57.1 Å².